The van der Waals surface area contributed by atoms with Crippen molar-refractivity contribution in [2.24, 2.45) is 0 Å². The lowest BCUT2D eigenvalue weighted by atomic mass is 10.2. The maximum Gasteiger partial charge on any atom is 0.0694 e. The van der Waals surface area contributed by atoms with Crippen LogP contribution in [0.15, 0.2) is 30.5 Å². The van der Waals surface area contributed by atoms with E-state index in [1.165, 1.54) is 10.8 Å². The van der Waals surface area contributed by atoms with Gasteiger partial charge in [-0.25, -0.2) is 0 Å². The van der Waals surface area contributed by atoms with E-state index in [9.17, 15) is 0 Å². The van der Waals surface area contributed by atoms with Crippen molar-refractivity contribution in [1.29, 1.82) is 0 Å². The van der Waals surface area contributed by atoms with E-state index >= 15 is 0 Å². The second-order valence-electron chi connectivity index (χ2n) is 3.02. The lowest BCUT2D eigenvalue weighted by molar-refractivity contribution is 1.18. The molecule has 60 valence electrons. The van der Waals surface area contributed by atoms with Crippen LogP contribution < -0.4 is 10.6 Å². The molecular weight excluding hydrogens is 146 g/mol. The van der Waals surface area contributed by atoms with Gasteiger partial charge in [0, 0.05) is 11.4 Å². The third-order valence-corrected chi connectivity index (χ3v) is 2.08. The SMILES string of the molecule is CC1=c2ncccc2=CC=CC1. The van der Waals surface area contributed by atoms with Crippen LogP contribution in [0, 0.1) is 0 Å². The predicted octanol–water partition coefficient (Wildman–Crippen LogP) is 0.993. The lowest BCUT2D eigenvalue weighted by Gasteiger charge is -1.93. The Hall–Kier alpha value is -1.37. The summed E-state index contributed by atoms with van der Waals surface area (Å²) in [6.45, 7) is 2.13. The van der Waals surface area contributed by atoms with Gasteiger partial charge >= 0.3 is 0 Å². The lowest BCUT2D eigenvalue weighted by Crippen LogP contribution is -2.28. The van der Waals surface area contributed by atoms with Crippen LogP contribution in [0.3, 0.4) is 0 Å². The highest BCUT2D eigenvalue weighted by Gasteiger charge is 1.93. The van der Waals surface area contributed by atoms with Gasteiger partial charge in [0.2, 0.25) is 0 Å². The van der Waals surface area contributed by atoms with E-state index in [1.54, 1.807) is 0 Å². The van der Waals surface area contributed by atoms with Gasteiger partial charge in [-0.1, -0.05) is 24.3 Å². The van der Waals surface area contributed by atoms with Crippen molar-refractivity contribution in [3.05, 3.63) is 41.0 Å². The van der Waals surface area contributed by atoms with Gasteiger partial charge in [-0.2, -0.15) is 0 Å². The number of hydrogen-bond donors (Lipinski definition) is 0. The van der Waals surface area contributed by atoms with Gasteiger partial charge in [0.05, 0.1) is 5.35 Å². The topological polar surface area (TPSA) is 12.9 Å². The molecule has 0 bridgehead atoms. The first-order chi connectivity index (χ1) is 5.88. The van der Waals surface area contributed by atoms with Crippen molar-refractivity contribution >= 4 is 11.6 Å². The molecule has 0 spiro atoms. The van der Waals surface area contributed by atoms with Gasteiger partial charge in [0.15, 0.2) is 0 Å². The minimum Gasteiger partial charge on any atom is -0.256 e. The Labute approximate surface area is 71.8 Å². The van der Waals surface area contributed by atoms with Crippen molar-refractivity contribution in [1.82, 2.24) is 4.98 Å². The van der Waals surface area contributed by atoms with Crippen molar-refractivity contribution in [2.45, 2.75) is 13.3 Å². The highest BCUT2D eigenvalue weighted by Crippen LogP contribution is 1.99. The fraction of sp³-hybridized carbons (Fsp3) is 0.182. The van der Waals surface area contributed by atoms with E-state index in [-0.39, 0.29) is 0 Å². The number of hydrogen-bond acceptors (Lipinski definition) is 1. The Morgan fingerprint density at radius 2 is 2.33 bits per heavy atom. The third kappa shape index (κ3) is 1.18. The molecule has 0 saturated carbocycles. The normalized spacial score (nSPS) is 14.9. The quantitative estimate of drug-likeness (QED) is 0.547. The van der Waals surface area contributed by atoms with Crippen molar-refractivity contribution < 1.29 is 0 Å². The van der Waals surface area contributed by atoms with Crippen LogP contribution in [0.25, 0.3) is 11.6 Å². The van der Waals surface area contributed by atoms with Gasteiger partial charge in [-0.05, 0) is 25.0 Å². The number of fused-ring (bicyclic) bond motifs is 1. The predicted molar refractivity (Wildman–Crippen MR) is 50.8 cm³/mol. The van der Waals surface area contributed by atoms with E-state index in [1.807, 2.05) is 12.3 Å². The minimum atomic E-state index is 1.01. The van der Waals surface area contributed by atoms with Crippen LogP contribution >= 0.6 is 0 Å². The average Bonchev–Trinajstić information content (AvgIpc) is 2.29. The number of rotatable bonds is 0. The van der Waals surface area contributed by atoms with Crippen LogP contribution in [0.2, 0.25) is 0 Å². The first kappa shape index (κ1) is 7.29. The van der Waals surface area contributed by atoms with Crippen LogP contribution in [0.5, 0.6) is 0 Å². The summed E-state index contributed by atoms with van der Waals surface area (Å²) in [6.07, 6.45) is 9.23. The molecule has 2 rings (SSSR count). The van der Waals surface area contributed by atoms with Crippen LogP contribution in [0.1, 0.15) is 13.3 Å². The summed E-state index contributed by atoms with van der Waals surface area (Å²) >= 11 is 0. The highest BCUT2D eigenvalue weighted by atomic mass is 14.6. The summed E-state index contributed by atoms with van der Waals surface area (Å²) in [7, 11) is 0. The summed E-state index contributed by atoms with van der Waals surface area (Å²) in [5.41, 5.74) is 1.34. The van der Waals surface area contributed by atoms with E-state index in [2.05, 4.69) is 36.2 Å². The second-order valence-corrected chi connectivity index (χ2v) is 3.02. The largest absolute Gasteiger partial charge is 0.256 e. The molecule has 0 radical (unpaired) electrons. The zero-order valence-electron chi connectivity index (χ0n) is 7.12. The summed E-state index contributed by atoms with van der Waals surface area (Å²) < 4.78 is 0. The molecule has 0 aliphatic heterocycles. The molecule has 0 aromatic carbocycles. The standard InChI is InChI=1S/C11H11N/c1-9-5-2-3-6-10-7-4-8-12-11(9)10/h2-4,6-8H,5H2,1H3. The van der Waals surface area contributed by atoms with Gasteiger partial charge in [0.25, 0.3) is 0 Å². The molecule has 12 heavy (non-hydrogen) atoms. The fourth-order valence-electron chi connectivity index (χ4n) is 1.42. The summed E-state index contributed by atoms with van der Waals surface area (Å²) in [6, 6.07) is 4.07. The minimum absolute atomic E-state index is 1.01. The Balaban J connectivity index is 2.88. The molecule has 1 aliphatic rings. The van der Waals surface area contributed by atoms with Crippen molar-refractivity contribution in [3.8, 4) is 0 Å². The van der Waals surface area contributed by atoms with Gasteiger partial charge < -0.3 is 0 Å². The molecule has 1 heterocycles. The molecule has 0 fully saturated rings. The van der Waals surface area contributed by atoms with E-state index in [0.29, 0.717) is 0 Å². The second kappa shape index (κ2) is 2.94. The zero-order valence-corrected chi connectivity index (χ0v) is 7.12. The number of nitrogens with zero attached hydrogens (tertiary/aromatic N) is 1. The Morgan fingerprint density at radius 3 is 3.25 bits per heavy atom. The van der Waals surface area contributed by atoms with Gasteiger partial charge in [-0.15, -0.1) is 0 Å². The molecule has 0 amide bonds. The first-order valence-electron chi connectivity index (χ1n) is 4.15. The molecule has 1 aromatic heterocycles. The molecule has 0 saturated heterocycles. The summed E-state index contributed by atoms with van der Waals surface area (Å²) in [4.78, 5) is 4.35. The van der Waals surface area contributed by atoms with Crippen LogP contribution in [-0.2, 0) is 0 Å². The Morgan fingerprint density at radius 1 is 1.42 bits per heavy atom. The zero-order chi connectivity index (χ0) is 8.39. The van der Waals surface area contributed by atoms with Crippen LogP contribution in [0.4, 0.5) is 0 Å². The molecule has 1 nitrogen and oxygen atoms in total. The molecular formula is C11H11N. The first-order valence-corrected chi connectivity index (χ1v) is 4.15. The Kier molecular flexibility index (Phi) is 1.78. The maximum absolute atomic E-state index is 4.35. The molecule has 0 N–H and O–H groups in total. The summed E-state index contributed by atoms with van der Waals surface area (Å²) in [5.74, 6) is 0. The molecule has 1 aliphatic carbocycles. The average molecular weight is 157 g/mol. The Bertz CT molecular complexity index is 427. The smallest absolute Gasteiger partial charge is 0.0694 e. The van der Waals surface area contributed by atoms with Crippen molar-refractivity contribution in [3.63, 3.8) is 0 Å². The molecule has 0 unspecified atom stereocenters. The van der Waals surface area contributed by atoms with Gasteiger partial charge in [0.1, 0.15) is 0 Å². The molecule has 1 aromatic rings. The van der Waals surface area contributed by atoms with Gasteiger partial charge in [-0.3, -0.25) is 4.98 Å². The fourth-order valence-corrected chi connectivity index (χ4v) is 1.42. The van der Waals surface area contributed by atoms with E-state index in [4.69, 9.17) is 0 Å². The highest BCUT2D eigenvalue weighted by molar-refractivity contribution is 5.49. The molecule has 0 atom stereocenters. The number of allylic oxidation sites excluding steroid dienone is 2. The number of aromatic nitrogens is 1. The van der Waals surface area contributed by atoms with Crippen molar-refractivity contribution in [2.75, 3.05) is 0 Å². The summed E-state index contributed by atoms with van der Waals surface area (Å²) in [5, 5.41) is 2.37. The monoisotopic (exact) mass is 157 g/mol. The maximum atomic E-state index is 4.35. The van der Waals surface area contributed by atoms with Crippen LogP contribution in [-0.4, -0.2) is 4.98 Å². The third-order valence-electron chi connectivity index (χ3n) is 2.08. The van der Waals surface area contributed by atoms with E-state index in [0.717, 1.165) is 11.8 Å². The molecule has 1 heteroatoms. The number of pyridine rings is 1. The van der Waals surface area contributed by atoms with E-state index < -0.39 is 0 Å².